The third-order valence-corrected chi connectivity index (χ3v) is 12.9. The lowest BCUT2D eigenvalue weighted by Crippen LogP contribution is -2.54. The summed E-state index contributed by atoms with van der Waals surface area (Å²) in [5, 5.41) is 14.6. The molecule has 2 saturated heterocycles. The summed E-state index contributed by atoms with van der Waals surface area (Å²) in [6, 6.07) is 16.6. The molecule has 4 aliphatic rings. The van der Waals surface area contributed by atoms with Gasteiger partial charge in [0.2, 0.25) is 23.7 Å². The summed E-state index contributed by atoms with van der Waals surface area (Å²) >= 11 is 0. The fourth-order valence-electron chi connectivity index (χ4n) is 9.41. The minimum Gasteiger partial charge on any atom is -0.380 e. The molecule has 17 nitrogen and oxygen atoms in total. The summed E-state index contributed by atoms with van der Waals surface area (Å²) in [6.07, 6.45) is 4.60. The van der Waals surface area contributed by atoms with Gasteiger partial charge in [-0.2, -0.15) is 10.1 Å². The van der Waals surface area contributed by atoms with E-state index in [0.717, 1.165) is 64.5 Å². The van der Waals surface area contributed by atoms with Gasteiger partial charge < -0.3 is 26.0 Å². The number of hydrogen-bond donors (Lipinski definition) is 4. The van der Waals surface area contributed by atoms with Gasteiger partial charge in [-0.15, -0.1) is 0 Å². The molecule has 0 radical (unpaired) electrons. The van der Waals surface area contributed by atoms with Crippen molar-refractivity contribution in [1.29, 1.82) is 0 Å². The third kappa shape index (κ3) is 8.33. The average molecular weight is 854 g/mol. The van der Waals surface area contributed by atoms with Gasteiger partial charge in [0.15, 0.2) is 11.5 Å². The van der Waals surface area contributed by atoms with Gasteiger partial charge in [0.05, 0.1) is 23.1 Å². The topological polar surface area (TPSA) is 210 Å². The first-order valence-corrected chi connectivity index (χ1v) is 21.6. The van der Waals surface area contributed by atoms with Gasteiger partial charge in [-0.1, -0.05) is 24.3 Å². The molecule has 3 unspecified atom stereocenters. The maximum absolute atomic E-state index is 13.6. The quantitative estimate of drug-likeness (QED) is 0.0958. The zero-order chi connectivity index (χ0) is 43.9. The number of aryl methyl sites for hydroxylation is 3. The van der Waals surface area contributed by atoms with Crippen LogP contribution in [-0.4, -0.2) is 104 Å². The number of anilines is 5. The lowest BCUT2D eigenvalue weighted by Gasteiger charge is -2.40. The molecule has 3 atom stereocenters. The molecule has 0 bridgehead atoms. The molecule has 0 saturated carbocycles. The molecule has 63 heavy (non-hydrogen) atoms. The zero-order valence-electron chi connectivity index (χ0n) is 35.6. The number of imide groups is 2. The van der Waals surface area contributed by atoms with Crippen LogP contribution >= 0.6 is 0 Å². The Kier molecular flexibility index (Phi) is 11.4. The first kappa shape index (κ1) is 41.6. The highest BCUT2D eigenvalue weighted by atomic mass is 16.5. The van der Waals surface area contributed by atoms with Gasteiger partial charge in [-0.3, -0.25) is 39.1 Å². The van der Waals surface area contributed by atoms with Gasteiger partial charge in [0.1, 0.15) is 6.04 Å². The average Bonchev–Trinajstić information content (AvgIpc) is 3.71. The molecule has 0 spiro atoms. The Balaban J connectivity index is 0.796. The van der Waals surface area contributed by atoms with Crippen molar-refractivity contribution in [2.75, 3.05) is 48.4 Å². The smallest absolute Gasteiger partial charge is 0.262 e. The molecule has 5 amide bonds. The number of benzene rings is 3. The molecule has 9 rings (SSSR count). The summed E-state index contributed by atoms with van der Waals surface area (Å²) in [5.41, 5.74) is 14.4. The van der Waals surface area contributed by atoms with Crippen LogP contribution in [0, 0.1) is 19.8 Å². The van der Waals surface area contributed by atoms with Gasteiger partial charge in [0.25, 0.3) is 11.8 Å². The van der Waals surface area contributed by atoms with Crippen molar-refractivity contribution in [3.8, 4) is 0 Å². The second kappa shape index (κ2) is 17.2. The van der Waals surface area contributed by atoms with Crippen LogP contribution in [0.2, 0.25) is 0 Å². The minimum absolute atomic E-state index is 0.0515. The largest absolute Gasteiger partial charge is 0.380 e. The molecule has 326 valence electrons. The van der Waals surface area contributed by atoms with Gasteiger partial charge >= 0.3 is 0 Å². The van der Waals surface area contributed by atoms with E-state index in [2.05, 4.69) is 74.9 Å². The molecule has 17 heteroatoms. The van der Waals surface area contributed by atoms with Crippen LogP contribution in [0.15, 0.2) is 60.8 Å². The SMILES string of the molecule is Cc1cccc(C)c1Nc1nn(C)c2nc(Nc3ccc4c(c3)CN(CCOCCC3CC(C(N)=O)CCN3c3ccc5c(c3)C(=O)N(C3CCC(=O)NC3=O)C5=O)CC4)ncc12. The number of piperidine rings is 2. The molecular formula is C46H51N11O6. The third-order valence-electron chi connectivity index (χ3n) is 12.9. The summed E-state index contributed by atoms with van der Waals surface area (Å²) in [4.78, 5) is 78.4. The van der Waals surface area contributed by atoms with E-state index in [-0.39, 0.29) is 41.8 Å². The number of hydrogen-bond acceptors (Lipinski definition) is 13. The Labute approximate surface area is 364 Å². The van der Waals surface area contributed by atoms with Crippen molar-refractivity contribution in [3.05, 3.63) is 94.2 Å². The summed E-state index contributed by atoms with van der Waals surface area (Å²) in [7, 11) is 1.88. The Morgan fingerprint density at radius 1 is 0.921 bits per heavy atom. The number of nitrogens with one attached hydrogen (secondary N) is 3. The molecule has 5 N–H and O–H groups in total. The molecule has 2 fully saturated rings. The lowest BCUT2D eigenvalue weighted by atomic mass is 9.88. The fourth-order valence-corrected chi connectivity index (χ4v) is 9.41. The van der Waals surface area contributed by atoms with Gasteiger partial charge in [0, 0.05) is 81.5 Å². The predicted molar refractivity (Wildman–Crippen MR) is 236 cm³/mol. The number of primary amides is 1. The van der Waals surface area contributed by atoms with E-state index in [1.807, 2.05) is 13.1 Å². The van der Waals surface area contributed by atoms with Crippen LogP contribution in [0.1, 0.15) is 75.1 Å². The van der Waals surface area contributed by atoms with E-state index in [9.17, 15) is 24.0 Å². The number of carbonyl (C=O) groups is 5. The van der Waals surface area contributed by atoms with Crippen molar-refractivity contribution >= 4 is 69.4 Å². The van der Waals surface area contributed by atoms with Gasteiger partial charge in [-0.25, -0.2) is 9.67 Å². The van der Waals surface area contributed by atoms with E-state index in [0.29, 0.717) is 56.4 Å². The van der Waals surface area contributed by atoms with Crippen molar-refractivity contribution in [2.24, 2.45) is 18.7 Å². The van der Waals surface area contributed by atoms with Crippen LogP contribution in [-0.2, 0) is 39.1 Å². The van der Waals surface area contributed by atoms with Crippen molar-refractivity contribution in [1.82, 2.24) is 34.9 Å². The van der Waals surface area contributed by atoms with Crippen molar-refractivity contribution in [3.63, 3.8) is 0 Å². The molecule has 3 aromatic carbocycles. The van der Waals surface area contributed by atoms with Crippen molar-refractivity contribution in [2.45, 2.75) is 71.0 Å². The monoisotopic (exact) mass is 853 g/mol. The number of carbonyl (C=O) groups excluding carboxylic acids is 5. The van der Waals surface area contributed by atoms with Crippen LogP contribution < -0.4 is 26.6 Å². The van der Waals surface area contributed by atoms with Crippen molar-refractivity contribution < 1.29 is 28.7 Å². The van der Waals surface area contributed by atoms with E-state index in [4.69, 9.17) is 20.6 Å². The molecule has 4 aliphatic heterocycles. The second-order valence-electron chi connectivity index (χ2n) is 17.0. The molecule has 0 aliphatic carbocycles. The molecular weight excluding hydrogens is 803 g/mol. The number of fused-ring (bicyclic) bond motifs is 3. The van der Waals surface area contributed by atoms with Gasteiger partial charge in [-0.05, 0) is 98.5 Å². The number of aromatic nitrogens is 4. The Morgan fingerprint density at radius 2 is 1.73 bits per heavy atom. The van der Waals surface area contributed by atoms with E-state index >= 15 is 0 Å². The maximum atomic E-state index is 13.6. The lowest BCUT2D eigenvalue weighted by molar-refractivity contribution is -0.136. The summed E-state index contributed by atoms with van der Waals surface area (Å²) < 4.78 is 7.97. The molecule has 5 aromatic rings. The predicted octanol–water partition coefficient (Wildman–Crippen LogP) is 4.40. The highest BCUT2D eigenvalue weighted by Gasteiger charge is 2.45. The van der Waals surface area contributed by atoms with E-state index in [1.165, 1.54) is 11.1 Å². The van der Waals surface area contributed by atoms with Crippen LogP contribution in [0.5, 0.6) is 0 Å². The van der Waals surface area contributed by atoms with E-state index < -0.39 is 29.7 Å². The first-order valence-electron chi connectivity index (χ1n) is 21.6. The molecule has 2 aromatic heterocycles. The second-order valence-corrected chi connectivity index (χ2v) is 17.0. The zero-order valence-corrected chi connectivity index (χ0v) is 35.6. The number of rotatable bonds is 13. The highest BCUT2D eigenvalue weighted by molar-refractivity contribution is 6.23. The number of para-hydroxylation sites is 1. The van der Waals surface area contributed by atoms with Crippen LogP contribution in [0.4, 0.5) is 28.8 Å². The van der Waals surface area contributed by atoms with Crippen LogP contribution in [0.3, 0.4) is 0 Å². The Morgan fingerprint density at radius 3 is 2.52 bits per heavy atom. The summed E-state index contributed by atoms with van der Waals surface area (Å²) in [5.74, 6) is -1.60. The Bertz CT molecular complexity index is 2640. The fraction of sp³-hybridized carbons (Fsp3) is 0.391. The number of amides is 5. The van der Waals surface area contributed by atoms with Crippen LogP contribution in [0.25, 0.3) is 11.0 Å². The number of nitrogens with two attached hydrogens (primary N) is 1. The maximum Gasteiger partial charge on any atom is 0.262 e. The summed E-state index contributed by atoms with van der Waals surface area (Å²) in [6.45, 7) is 8.11. The Hall–Kier alpha value is -6.72. The first-order chi connectivity index (χ1) is 30.4. The normalized spacial score (nSPS) is 20.2. The standard InChI is InChI=1S/C46H51N11O6/c1-26-5-4-6-27(2)39(26)51-41-36-24-48-46(52-42(36)54(3)53-41)49-31-8-7-28-13-16-55(25-30(28)21-31)18-20-63-19-15-33-22-29(40(47)59)14-17-56(33)32-9-10-34-35(23-32)45(62)57(44(34)61)37-11-12-38(58)50-43(37)60/h4-10,21,23-24,29,33,37H,11-20,22,25H2,1-3H3,(H2,47,59)(H,51,53)(H,48,49,52)(H,50,58,60). The minimum atomic E-state index is -1.04. The highest BCUT2D eigenvalue weighted by Crippen LogP contribution is 2.35. The number of ether oxygens (including phenoxy) is 1. The molecule has 6 heterocycles. The number of nitrogens with zero attached hydrogens (tertiary/aromatic N) is 7. The van der Waals surface area contributed by atoms with E-state index in [1.54, 1.807) is 29.1 Å².